The topological polar surface area (TPSA) is 0 Å². The zero-order valence-corrected chi connectivity index (χ0v) is 14.9. The summed E-state index contributed by atoms with van der Waals surface area (Å²) in [5, 5.41) is 0. The lowest BCUT2D eigenvalue weighted by atomic mass is 9.72. The molecule has 0 spiro atoms. The van der Waals surface area contributed by atoms with E-state index in [1.807, 2.05) is 0 Å². The number of allylic oxidation sites excluding steroid dienone is 1. The van der Waals surface area contributed by atoms with Crippen molar-refractivity contribution in [2.75, 3.05) is 18.8 Å². The van der Waals surface area contributed by atoms with E-state index in [2.05, 4.69) is 66.0 Å². The summed E-state index contributed by atoms with van der Waals surface area (Å²) in [6, 6.07) is 0. The van der Waals surface area contributed by atoms with Gasteiger partial charge in [0.15, 0.2) is 0 Å². The Morgan fingerprint density at radius 2 is 1.44 bits per heavy atom. The zero-order chi connectivity index (χ0) is 14.6. The Kier molecular flexibility index (Phi) is 6.53. The highest BCUT2D eigenvalue weighted by molar-refractivity contribution is 8.33. The van der Waals surface area contributed by atoms with Crippen LogP contribution in [0.25, 0.3) is 0 Å². The van der Waals surface area contributed by atoms with Gasteiger partial charge in [-0.05, 0) is 60.5 Å². The average Bonchev–Trinajstić information content (AvgIpc) is 2.21. The van der Waals surface area contributed by atoms with Crippen LogP contribution in [0.2, 0.25) is 0 Å². The number of hydrogen-bond acceptors (Lipinski definition) is 0. The van der Waals surface area contributed by atoms with Crippen LogP contribution in [-0.4, -0.2) is 23.5 Å². The van der Waals surface area contributed by atoms with Gasteiger partial charge in [0, 0.05) is 0 Å². The molecule has 18 heavy (non-hydrogen) atoms. The molecule has 0 atom stereocenters. The number of rotatable bonds is 1. The minimum absolute atomic E-state index is 0.340. The van der Waals surface area contributed by atoms with E-state index >= 15 is 0 Å². The lowest BCUT2D eigenvalue weighted by Gasteiger charge is -2.40. The lowest BCUT2D eigenvalue weighted by Crippen LogP contribution is -2.21. The highest BCUT2D eigenvalue weighted by atomic mass is 32.3. The first-order valence-electron chi connectivity index (χ1n) is 7.23. The van der Waals surface area contributed by atoms with Crippen molar-refractivity contribution in [2.24, 2.45) is 11.3 Å². The minimum atomic E-state index is -0.340. The predicted octanol–water partition coefficient (Wildman–Crippen LogP) is 5.87. The SMILES string of the molecule is C=CC1(C)CCC(C)CC1.CC(C)(C)S(C)(C)C. The summed E-state index contributed by atoms with van der Waals surface area (Å²) >= 11 is 0. The third-order valence-corrected chi connectivity index (χ3v) is 8.42. The average molecular weight is 273 g/mol. The molecule has 0 heterocycles. The maximum absolute atomic E-state index is 3.88. The van der Waals surface area contributed by atoms with E-state index in [0.717, 1.165) is 5.92 Å². The van der Waals surface area contributed by atoms with Crippen LogP contribution < -0.4 is 0 Å². The Labute approximate surface area is 118 Å². The Hall–Kier alpha value is 0.0900. The van der Waals surface area contributed by atoms with E-state index in [-0.39, 0.29) is 10.0 Å². The molecule has 0 saturated heterocycles. The lowest BCUT2D eigenvalue weighted by molar-refractivity contribution is 0.234. The Balaban J connectivity index is 0.000000331. The fourth-order valence-electron chi connectivity index (χ4n) is 1.63. The molecule has 0 aromatic heterocycles. The van der Waals surface area contributed by atoms with Gasteiger partial charge in [-0.25, -0.2) is 10.0 Å². The molecular weight excluding hydrogens is 236 g/mol. The smallest absolute Gasteiger partial charge is 0.00897 e. The van der Waals surface area contributed by atoms with Crippen LogP contribution in [0.5, 0.6) is 0 Å². The molecule has 0 aliphatic heterocycles. The Bertz CT molecular complexity index is 232. The fourth-order valence-corrected chi connectivity index (χ4v) is 1.63. The molecule has 0 aromatic carbocycles. The van der Waals surface area contributed by atoms with Crippen LogP contribution >= 0.6 is 10.0 Å². The van der Waals surface area contributed by atoms with E-state index in [9.17, 15) is 0 Å². The van der Waals surface area contributed by atoms with Gasteiger partial charge >= 0.3 is 0 Å². The summed E-state index contributed by atoms with van der Waals surface area (Å²) in [5.41, 5.74) is 0.465. The largest absolute Gasteiger partial charge is 0.245 e. The van der Waals surface area contributed by atoms with Gasteiger partial charge in [-0.2, -0.15) is 0 Å². The van der Waals surface area contributed by atoms with Crippen molar-refractivity contribution >= 4 is 10.0 Å². The molecule has 0 amide bonds. The van der Waals surface area contributed by atoms with E-state index < -0.39 is 0 Å². The van der Waals surface area contributed by atoms with Crippen molar-refractivity contribution in [1.29, 1.82) is 0 Å². The monoisotopic (exact) mass is 272 g/mol. The van der Waals surface area contributed by atoms with Gasteiger partial charge in [0.25, 0.3) is 0 Å². The molecule has 1 aliphatic carbocycles. The van der Waals surface area contributed by atoms with Crippen molar-refractivity contribution in [3.63, 3.8) is 0 Å². The standard InChI is InChI=1S/C10H18.C7H18S/c1-4-10(3)7-5-9(2)6-8-10;1-7(2,3)8(4,5)6/h4,9H,1,5-8H2,2-3H3;1-6H3. The summed E-state index contributed by atoms with van der Waals surface area (Å²) in [6.45, 7) is 15.5. The van der Waals surface area contributed by atoms with Crippen molar-refractivity contribution in [1.82, 2.24) is 0 Å². The quantitative estimate of drug-likeness (QED) is 0.524. The summed E-state index contributed by atoms with van der Waals surface area (Å²) in [4.78, 5) is 0. The summed E-state index contributed by atoms with van der Waals surface area (Å²) < 4.78 is 0.521. The maximum Gasteiger partial charge on any atom is -0.00897 e. The van der Waals surface area contributed by atoms with E-state index in [4.69, 9.17) is 0 Å². The van der Waals surface area contributed by atoms with E-state index in [1.165, 1.54) is 25.7 Å². The molecule has 1 saturated carbocycles. The van der Waals surface area contributed by atoms with E-state index in [1.54, 1.807) is 0 Å². The van der Waals surface area contributed by atoms with Crippen molar-refractivity contribution in [3.8, 4) is 0 Å². The van der Waals surface area contributed by atoms with Gasteiger partial charge in [-0.1, -0.05) is 40.7 Å². The molecule has 0 radical (unpaired) electrons. The molecule has 1 heteroatoms. The van der Waals surface area contributed by atoms with Crippen molar-refractivity contribution in [2.45, 2.75) is 65.0 Å². The first kappa shape index (κ1) is 18.1. The van der Waals surface area contributed by atoms with Gasteiger partial charge in [0.1, 0.15) is 0 Å². The first-order chi connectivity index (χ1) is 7.91. The third-order valence-electron chi connectivity index (χ3n) is 4.75. The van der Waals surface area contributed by atoms with Crippen LogP contribution in [-0.2, 0) is 0 Å². The molecule has 0 nitrogen and oxygen atoms in total. The van der Waals surface area contributed by atoms with Crippen LogP contribution in [0.15, 0.2) is 12.7 Å². The summed E-state index contributed by atoms with van der Waals surface area (Å²) in [7, 11) is -0.340. The summed E-state index contributed by atoms with van der Waals surface area (Å²) in [6.07, 6.45) is 14.7. The molecule has 0 N–H and O–H groups in total. The second-order valence-corrected chi connectivity index (χ2v) is 12.9. The van der Waals surface area contributed by atoms with Gasteiger partial charge in [0.2, 0.25) is 0 Å². The molecule has 1 aliphatic rings. The second-order valence-electron chi connectivity index (χ2n) is 7.99. The van der Waals surface area contributed by atoms with E-state index in [0.29, 0.717) is 10.2 Å². The molecule has 1 rings (SSSR count). The van der Waals surface area contributed by atoms with Crippen LogP contribution in [0.4, 0.5) is 0 Å². The molecule has 0 bridgehead atoms. The molecule has 110 valence electrons. The van der Waals surface area contributed by atoms with Gasteiger partial charge in [0.05, 0.1) is 0 Å². The van der Waals surface area contributed by atoms with Gasteiger partial charge < -0.3 is 0 Å². The third kappa shape index (κ3) is 6.31. The Morgan fingerprint density at radius 3 is 1.67 bits per heavy atom. The van der Waals surface area contributed by atoms with Crippen molar-refractivity contribution in [3.05, 3.63) is 12.7 Å². The minimum Gasteiger partial charge on any atom is -0.245 e. The molecule has 0 aromatic rings. The predicted molar refractivity (Wildman–Crippen MR) is 91.1 cm³/mol. The van der Waals surface area contributed by atoms with Gasteiger partial charge in [-0.15, -0.1) is 6.58 Å². The van der Waals surface area contributed by atoms with Crippen LogP contribution in [0.3, 0.4) is 0 Å². The van der Waals surface area contributed by atoms with Crippen LogP contribution in [0, 0.1) is 11.3 Å². The first-order valence-corrected chi connectivity index (χ1v) is 10.1. The second kappa shape index (κ2) is 6.50. The molecule has 0 unspecified atom stereocenters. The highest BCUT2D eigenvalue weighted by Crippen LogP contribution is 2.48. The fraction of sp³-hybridized carbons (Fsp3) is 0.882. The van der Waals surface area contributed by atoms with Gasteiger partial charge in [-0.3, -0.25) is 0 Å². The highest BCUT2D eigenvalue weighted by Gasteiger charge is 2.25. The normalized spacial score (nSPS) is 30.1. The van der Waals surface area contributed by atoms with Crippen molar-refractivity contribution < 1.29 is 0 Å². The molecule has 1 fully saturated rings. The molecular formula is C17H36S. The number of hydrogen-bond donors (Lipinski definition) is 0. The maximum atomic E-state index is 3.88. The zero-order valence-electron chi connectivity index (χ0n) is 14.1. The van der Waals surface area contributed by atoms with Crippen LogP contribution in [0.1, 0.15) is 60.3 Å². The summed E-state index contributed by atoms with van der Waals surface area (Å²) in [5.74, 6) is 0.952. The Morgan fingerprint density at radius 1 is 1.11 bits per heavy atom.